The molecule has 0 saturated carbocycles. The molecule has 2 heterocycles. The number of carbonyl (C=O) groups is 3. The van der Waals surface area contributed by atoms with E-state index in [9.17, 15) is 22.8 Å². The zero-order chi connectivity index (χ0) is 24.2. The number of aromatic nitrogens is 2. The second-order valence-electron chi connectivity index (χ2n) is 7.61. The number of esters is 2. The van der Waals surface area contributed by atoms with Crippen LogP contribution in [0.25, 0.3) is 0 Å². The summed E-state index contributed by atoms with van der Waals surface area (Å²) in [5.41, 5.74) is 0.421. The number of nitrogens with one attached hydrogen (secondary N) is 1. The van der Waals surface area contributed by atoms with Gasteiger partial charge in [-0.25, -0.2) is 18.2 Å². The van der Waals surface area contributed by atoms with Crippen molar-refractivity contribution in [3.8, 4) is 0 Å². The lowest BCUT2D eigenvalue weighted by molar-refractivity contribution is -0.152. The number of benzene rings is 1. The summed E-state index contributed by atoms with van der Waals surface area (Å²) in [5, 5.41) is 2.50. The maximum Gasteiger partial charge on any atom is 0.339 e. The molecule has 1 saturated heterocycles. The molecule has 1 aliphatic heterocycles. The van der Waals surface area contributed by atoms with Crippen LogP contribution in [-0.4, -0.2) is 66.9 Å². The monoisotopic (exact) mass is 478 g/mol. The molecular weight excluding hydrogens is 452 g/mol. The number of nitrogens with zero attached hydrogens (tertiary/aromatic N) is 3. The number of para-hydroxylation sites is 1. The Labute approximate surface area is 191 Å². The van der Waals surface area contributed by atoms with Gasteiger partial charge in [-0.2, -0.15) is 4.31 Å². The molecule has 0 spiro atoms. The number of carbonyl (C=O) groups excluding carboxylic acids is 3. The van der Waals surface area contributed by atoms with Crippen LogP contribution < -0.4 is 5.32 Å². The van der Waals surface area contributed by atoms with Crippen molar-refractivity contribution in [2.75, 3.05) is 32.1 Å². The van der Waals surface area contributed by atoms with E-state index in [1.165, 1.54) is 29.7 Å². The fourth-order valence-electron chi connectivity index (χ4n) is 3.44. The Balaban J connectivity index is 1.51. The summed E-state index contributed by atoms with van der Waals surface area (Å²) in [7, 11) is -0.790. The molecule has 0 unspecified atom stereocenters. The van der Waals surface area contributed by atoms with Crippen LogP contribution in [0.4, 0.5) is 5.69 Å². The molecule has 12 heteroatoms. The van der Waals surface area contributed by atoms with Crippen LogP contribution in [0.2, 0.25) is 0 Å². The molecule has 1 fully saturated rings. The van der Waals surface area contributed by atoms with Gasteiger partial charge in [-0.3, -0.25) is 9.59 Å². The van der Waals surface area contributed by atoms with E-state index in [0.29, 0.717) is 5.82 Å². The van der Waals surface area contributed by atoms with E-state index in [0.717, 1.165) is 0 Å². The minimum Gasteiger partial charge on any atom is -0.465 e. The van der Waals surface area contributed by atoms with E-state index in [1.54, 1.807) is 30.7 Å². The third-order valence-electron chi connectivity index (χ3n) is 5.43. The molecule has 1 N–H and O–H groups in total. The minimum atomic E-state index is -3.74. The average molecular weight is 479 g/mol. The Morgan fingerprint density at radius 1 is 1.18 bits per heavy atom. The highest BCUT2D eigenvalue weighted by Crippen LogP contribution is 2.24. The lowest BCUT2D eigenvalue weighted by atomic mass is 9.98. The Bertz CT molecular complexity index is 1130. The highest BCUT2D eigenvalue weighted by Gasteiger charge is 2.34. The zero-order valence-electron chi connectivity index (χ0n) is 18.6. The predicted molar refractivity (Wildman–Crippen MR) is 117 cm³/mol. The van der Waals surface area contributed by atoms with Crippen LogP contribution in [0.5, 0.6) is 0 Å². The van der Waals surface area contributed by atoms with E-state index >= 15 is 0 Å². The van der Waals surface area contributed by atoms with Crippen molar-refractivity contribution < 1.29 is 32.3 Å². The average Bonchev–Trinajstić information content (AvgIpc) is 3.16. The van der Waals surface area contributed by atoms with Gasteiger partial charge in [-0.15, -0.1) is 0 Å². The molecule has 0 bridgehead atoms. The number of hydrogen-bond acceptors (Lipinski definition) is 8. The number of amides is 1. The van der Waals surface area contributed by atoms with Crippen LogP contribution in [0.1, 0.15) is 29.0 Å². The fourth-order valence-corrected chi connectivity index (χ4v) is 4.93. The molecule has 11 nitrogen and oxygen atoms in total. The van der Waals surface area contributed by atoms with Gasteiger partial charge >= 0.3 is 11.9 Å². The molecule has 1 aliphatic rings. The highest BCUT2D eigenvalue weighted by atomic mass is 32.2. The van der Waals surface area contributed by atoms with Crippen molar-refractivity contribution in [2.45, 2.75) is 24.8 Å². The summed E-state index contributed by atoms with van der Waals surface area (Å²) in [5.74, 6) is -1.72. The van der Waals surface area contributed by atoms with Gasteiger partial charge < -0.3 is 19.4 Å². The summed E-state index contributed by atoms with van der Waals surface area (Å²) in [6, 6.07) is 6.30. The quantitative estimate of drug-likeness (QED) is 0.584. The SMILES string of the molecule is COC(=O)c1ccccc1NC(=O)COC(=O)C1CCN(S(=O)(=O)c2cn(C)c(C)n2)CC1. The maximum atomic E-state index is 12.8. The molecule has 0 aliphatic carbocycles. The number of hydrogen-bond donors (Lipinski definition) is 1. The maximum absolute atomic E-state index is 12.8. The third kappa shape index (κ3) is 5.57. The first-order chi connectivity index (χ1) is 15.6. The van der Waals surface area contributed by atoms with Crippen molar-refractivity contribution in [3.05, 3.63) is 41.9 Å². The van der Waals surface area contributed by atoms with Crippen LogP contribution in [0.3, 0.4) is 0 Å². The second kappa shape index (κ2) is 10.1. The first-order valence-electron chi connectivity index (χ1n) is 10.3. The van der Waals surface area contributed by atoms with E-state index < -0.39 is 40.4 Å². The van der Waals surface area contributed by atoms with Gasteiger partial charge in [0.2, 0.25) is 0 Å². The fraction of sp³-hybridized carbons (Fsp3) is 0.429. The summed E-state index contributed by atoms with van der Waals surface area (Å²) >= 11 is 0. The molecule has 2 aromatic rings. The minimum absolute atomic E-state index is 0.0209. The standard InChI is InChI=1S/C21H26N4O7S/c1-14-22-19(12-24(14)2)33(29,30)25-10-8-15(9-11-25)20(27)32-13-18(26)23-17-7-5-4-6-16(17)21(28)31-3/h4-7,12,15H,8-11,13H2,1-3H3,(H,23,26). The molecule has 1 aromatic heterocycles. The molecular formula is C21H26N4O7S. The first-order valence-corrected chi connectivity index (χ1v) is 11.7. The zero-order valence-corrected chi connectivity index (χ0v) is 19.4. The molecule has 33 heavy (non-hydrogen) atoms. The van der Waals surface area contributed by atoms with E-state index in [4.69, 9.17) is 4.74 Å². The highest BCUT2D eigenvalue weighted by molar-refractivity contribution is 7.89. The van der Waals surface area contributed by atoms with Crippen molar-refractivity contribution in [1.82, 2.24) is 13.9 Å². The number of anilines is 1. The molecule has 0 radical (unpaired) electrons. The Hall–Kier alpha value is -3.25. The largest absolute Gasteiger partial charge is 0.465 e. The number of piperidine rings is 1. The summed E-state index contributed by atoms with van der Waals surface area (Å²) in [4.78, 5) is 40.5. The third-order valence-corrected chi connectivity index (χ3v) is 7.20. The lowest BCUT2D eigenvalue weighted by Crippen LogP contribution is -2.41. The van der Waals surface area contributed by atoms with Crippen LogP contribution in [0, 0.1) is 12.8 Å². The lowest BCUT2D eigenvalue weighted by Gasteiger charge is -2.29. The predicted octanol–water partition coefficient (Wildman–Crippen LogP) is 1.10. The topological polar surface area (TPSA) is 137 Å². The van der Waals surface area contributed by atoms with Gasteiger partial charge in [0, 0.05) is 26.3 Å². The van der Waals surface area contributed by atoms with Gasteiger partial charge in [0.25, 0.3) is 15.9 Å². The second-order valence-corrected chi connectivity index (χ2v) is 9.49. The summed E-state index contributed by atoms with van der Waals surface area (Å²) in [6.07, 6.45) is 2.01. The number of rotatable bonds is 7. The Kier molecular flexibility index (Phi) is 7.49. The van der Waals surface area contributed by atoms with E-state index in [1.807, 2.05) is 0 Å². The summed E-state index contributed by atoms with van der Waals surface area (Å²) in [6.45, 7) is 1.48. The Morgan fingerprint density at radius 2 is 1.85 bits per heavy atom. The smallest absolute Gasteiger partial charge is 0.339 e. The normalized spacial score (nSPS) is 15.1. The van der Waals surface area contributed by atoms with Crippen molar-refractivity contribution in [2.24, 2.45) is 13.0 Å². The van der Waals surface area contributed by atoms with Gasteiger partial charge in [0.1, 0.15) is 5.82 Å². The molecule has 178 valence electrons. The van der Waals surface area contributed by atoms with Crippen molar-refractivity contribution >= 4 is 33.6 Å². The number of methoxy groups -OCH3 is 1. The molecule has 3 rings (SSSR count). The van der Waals surface area contributed by atoms with Gasteiger partial charge in [-0.05, 0) is 31.9 Å². The van der Waals surface area contributed by atoms with E-state index in [-0.39, 0.29) is 42.2 Å². The van der Waals surface area contributed by atoms with Crippen molar-refractivity contribution in [1.29, 1.82) is 0 Å². The van der Waals surface area contributed by atoms with Crippen LogP contribution >= 0.6 is 0 Å². The summed E-state index contributed by atoms with van der Waals surface area (Å²) < 4.78 is 38.2. The van der Waals surface area contributed by atoms with Crippen molar-refractivity contribution in [3.63, 3.8) is 0 Å². The molecule has 1 aromatic carbocycles. The van der Waals surface area contributed by atoms with Crippen LogP contribution in [0.15, 0.2) is 35.5 Å². The van der Waals surface area contributed by atoms with Gasteiger partial charge in [-0.1, -0.05) is 12.1 Å². The Morgan fingerprint density at radius 3 is 2.45 bits per heavy atom. The first kappa shape index (κ1) is 24.4. The number of imidazole rings is 1. The molecule has 0 atom stereocenters. The van der Waals surface area contributed by atoms with Gasteiger partial charge in [0.05, 0.1) is 24.3 Å². The molecule has 1 amide bonds. The number of sulfonamides is 1. The van der Waals surface area contributed by atoms with E-state index in [2.05, 4.69) is 15.0 Å². The number of ether oxygens (including phenoxy) is 2. The van der Waals surface area contributed by atoms with Gasteiger partial charge in [0.15, 0.2) is 11.6 Å². The van der Waals surface area contributed by atoms with Crippen LogP contribution in [-0.2, 0) is 36.1 Å². The number of aryl methyl sites for hydroxylation is 2.